The first-order chi connectivity index (χ1) is 5.99. The SMILES string of the molecule is CC(C)(O)CNc1nccnc1Cl. The Bertz CT molecular complexity index is 285. The highest BCUT2D eigenvalue weighted by molar-refractivity contribution is 6.31. The van der Waals surface area contributed by atoms with Crippen LogP contribution in [-0.2, 0) is 0 Å². The minimum absolute atomic E-state index is 0.312. The van der Waals surface area contributed by atoms with Crippen LogP contribution in [0.4, 0.5) is 5.82 Å². The van der Waals surface area contributed by atoms with Crippen LogP contribution in [0.5, 0.6) is 0 Å². The third-order valence-corrected chi connectivity index (χ3v) is 1.62. The fourth-order valence-electron chi connectivity index (χ4n) is 0.740. The topological polar surface area (TPSA) is 58.0 Å². The Labute approximate surface area is 82.0 Å². The fourth-order valence-corrected chi connectivity index (χ4v) is 0.912. The summed E-state index contributed by atoms with van der Waals surface area (Å²) in [4.78, 5) is 7.80. The van der Waals surface area contributed by atoms with Crippen LogP contribution in [-0.4, -0.2) is 27.2 Å². The van der Waals surface area contributed by atoms with Crippen LogP contribution in [0.3, 0.4) is 0 Å². The molecule has 0 amide bonds. The molecule has 0 radical (unpaired) electrons. The third-order valence-electron chi connectivity index (χ3n) is 1.34. The van der Waals surface area contributed by atoms with Crippen LogP contribution in [0, 0.1) is 0 Å². The minimum Gasteiger partial charge on any atom is -0.389 e. The molecule has 0 aliphatic rings. The summed E-state index contributed by atoms with van der Waals surface area (Å²) in [5.41, 5.74) is -0.791. The van der Waals surface area contributed by atoms with E-state index in [9.17, 15) is 5.11 Å². The molecule has 5 heteroatoms. The third kappa shape index (κ3) is 3.57. The summed E-state index contributed by atoms with van der Waals surface area (Å²) in [5, 5.41) is 12.6. The second kappa shape index (κ2) is 3.89. The molecule has 1 rings (SSSR count). The quantitative estimate of drug-likeness (QED) is 0.775. The molecule has 0 atom stereocenters. The van der Waals surface area contributed by atoms with Crippen LogP contribution in [0.15, 0.2) is 12.4 Å². The van der Waals surface area contributed by atoms with Crippen molar-refractivity contribution in [2.45, 2.75) is 19.4 Å². The number of nitrogens with one attached hydrogen (secondary N) is 1. The average molecular weight is 202 g/mol. The Balaban J connectivity index is 2.60. The number of nitrogens with zero attached hydrogens (tertiary/aromatic N) is 2. The summed E-state index contributed by atoms with van der Waals surface area (Å²) in [6.07, 6.45) is 3.05. The molecule has 0 aromatic carbocycles. The van der Waals surface area contributed by atoms with Gasteiger partial charge in [0.2, 0.25) is 0 Å². The van der Waals surface area contributed by atoms with Crippen LogP contribution in [0.25, 0.3) is 0 Å². The van der Waals surface area contributed by atoms with Crippen molar-refractivity contribution in [3.05, 3.63) is 17.5 Å². The van der Waals surface area contributed by atoms with E-state index < -0.39 is 5.60 Å². The molecule has 1 aromatic rings. The lowest BCUT2D eigenvalue weighted by Gasteiger charge is -2.17. The smallest absolute Gasteiger partial charge is 0.171 e. The lowest BCUT2D eigenvalue weighted by Crippen LogP contribution is -2.29. The van der Waals surface area contributed by atoms with Crippen molar-refractivity contribution >= 4 is 17.4 Å². The lowest BCUT2D eigenvalue weighted by atomic mass is 10.1. The largest absolute Gasteiger partial charge is 0.389 e. The molecule has 0 fully saturated rings. The first kappa shape index (κ1) is 10.2. The second-order valence-corrected chi connectivity index (χ2v) is 3.72. The van der Waals surface area contributed by atoms with Crippen LogP contribution in [0.2, 0.25) is 5.15 Å². The van der Waals surface area contributed by atoms with Gasteiger partial charge in [0.1, 0.15) is 0 Å². The standard InChI is InChI=1S/C8H12ClN3O/c1-8(2,13)5-12-7-6(9)10-3-4-11-7/h3-4,13H,5H2,1-2H3,(H,11,12). The Kier molecular flexibility index (Phi) is 3.06. The average Bonchev–Trinajstić information content (AvgIpc) is 2.01. The van der Waals surface area contributed by atoms with E-state index in [0.717, 1.165) is 0 Å². The number of hydrogen-bond acceptors (Lipinski definition) is 4. The van der Waals surface area contributed by atoms with E-state index in [-0.39, 0.29) is 0 Å². The Morgan fingerprint density at radius 2 is 2.08 bits per heavy atom. The van der Waals surface area contributed by atoms with Gasteiger partial charge >= 0.3 is 0 Å². The summed E-state index contributed by atoms with van der Waals surface area (Å²) in [6, 6.07) is 0. The van der Waals surface area contributed by atoms with Gasteiger partial charge in [-0.15, -0.1) is 0 Å². The molecule has 4 nitrogen and oxygen atoms in total. The van der Waals surface area contributed by atoms with Gasteiger partial charge in [0.25, 0.3) is 0 Å². The van der Waals surface area contributed by atoms with Crippen molar-refractivity contribution in [3.63, 3.8) is 0 Å². The van der Waals surface area contributed by atoms with Crippen molar-refractivity contribution in [2.24, 2.45) is 0 Å². The first-order valence-electron chi connectivity index (χ1n) is 3.92. The molecule has 0 saturated heterocycles. The Hall–Kier alpha value is -0.870. The molecule has 1 heterocycles. The van der Waals surface area contributed by atoms with Gasteiger partial charge in [0, 0.05) is 18.9 Å². The molecular weight excluding hydrogens is 190 g/mol. The zero-order valence-corrected chi connectivity index (χ0v) is 8.34. The zero-order chi connectivity index (χ0) is 9.90. The van der Waals surface area contributed by atoms with Crippen LogP contribution < -0.4 is 5.32 Å². The van der Waals surface area contributed by atoms with Crippen LogP contribution >= 0.6 is 11.6 Å². The predicted octanol–water partition coefficient (Wildman–Crippen LogP) is 1.31. The fraction of sp³-hybridized carbons (Fsp3) is 0.500. The molecule has 0 aliphatic heterocycles. The normalized spacial score (nSPS) is 11.4. The molecule has 0 bridgehead atoms. The zero-order valence-electron chi connectivity index (χ0n) is 7.58. The van der Waals surface area contributed by atoms with E-state index in [4.69, 9.17) is 11.6 Å². The first-order valence-corrected chi connectivity index (χ1v) is 4.29. The van der Waals surface area contributed by atoms with Gasteiger partial charge in [-0.3, -0.25) is 0 Å². The summed E-state index contributed by atoms with van der Waals surface area (Å²) >= 11 is 5.74. The second-order valence-electron chi connectivity index (χ2n) is 3.36. The summed E-state index contributed by atoms with van der Waals surface area (Å²) in [6.45, 7) is 3.78. The van der Waals surface area contributed by atoms with Gasteiger partial charge in [0.15, 0.2) is 11.0 Å². The highest BCUT2D eigenvalue weighted by Gasteiger charge is 2.13. The van der Waals surface area contributed by atoms with Gasteiger partial charge in [0.05, 0.1) is 5.60 Å². The molecule has 0 aliphatic carbocycles. The van der Waals surface area contributed by atoms with Gasteiger partial charge in [-0.2, -0.15) is 0 Å². The Morgan fingerprint density at radius 1 is 1.46 bits per heavy atom. The van der Waals surface area contributed by atoms with Crippen molar-refractivity contribution in [2.75, 3.05) is 11.9 Å². The van der Waals surface area contributed by atoms with Crippen LogP contribution in [0.1, 0.15) is 13.8 Å². The number of aliphatic hydroxyl groups is 1. The van der Waals surface area contributed by atoms with E-state index in [1.165, 1.54) is 6.20 Å². The summed E-state index contributed by atoms with van der Waals surface area (Å²) < 4.78 is 0. The molecule has 0 unspecified atom stereocenters. The number of anilines is 1. The highest BCUT2D eigenvalue weighted by Crippen LogP contribution is 2.14. The molecular formula is C8H12ClN3O. The molecule has 0 saturated carbocycles. The lowest BCUT2D eigenvalue weighted by molar-refractivity contribution is 0.0944. The van der Waals surface area contributed by atoms with E-state index >= 15 is 0 Å². The maximum absolute atomic E-state index is 9.42. The van der Waals surface area contributed by atoms with Crippen molar-refractivity contribution in [3.8, 4) is 0 Å². The van der Waals surface area contributed by atoms with Gasteiger partial charge in [-0.25, -0.2) is 9.97 Å². The predicted molar refractivity (Wildman–Crippen MR) is 51.8 cm³/mol. The maximum atomic E-state index is 9.42. The number of hydrogen-bond donors (Lipinski definition) is 2. The monoisotopic (exact) mass is 201 g/mol. The maximum Gasteiger partial charge on any atom is 0.171 e. The van der Waals surface area contributed by atoms with Gasteiger partial charge < -0.3 is 10.4 Å². The molecule has 72 valence electrons. The van der Waals surface area contributed by atoms with E-state index in [2.05, 4.69) is 15.3 Å². The minimum atomic E-state index is -0.791. The summed E-state index contributed by atoms with van der Waals surface area (Å²) in [7, 11) is 0. The van der Waals surface area contributed by atoms with Crippen molar-refractivity contribution in [1.82, 2.24) is 9.97 Å². The molecule has 2 N–H and O–H groups in total. The van der Waals surface area contributed by atoms with E-state index in [1.54, 1.807) is 20.0 Å². The van der Waals surface area contributed by atoms with Gasteiger partial charge in [-0.1, -0.05) is 11.6 Å². The summed E-state index contributed by atoms with van der Waals surface area (Å²) in [5.74, 6) is 0.492. The van der Waals surface area contributed by atoms with Gasteiger partial charge in [-0.05, 0) is 13.8 Å². The molecule has 13 heavy (non-hydrogen) atoms. The van der Waals surface area contributed by atoms with Crippen molar-refractivity contribution < 1.29 is 5.11 Å². The number of aromatic nitrogens is 2. The number of rotatable bonds is 3. The van der Waals surface area contributed by atoms with Crippen molar-refractivity contribution in [1.29, 1.82) is 0 Å². The molecule has 0 spiro atoms. The highest BCUT2D eigenvalue weighted by atomic mass is 35.5. The van der Waals surface area contributed by atoms with E-state index in [1.807, 2.05) is 0 Å². The van der Waals surface area contributed by atoms with E-state index in [0.29, 0.717) is 17.5 Å². The molecule has 1 aromatic heterocycles. The number of halogens is 1. The Morgan fingerprint density at radius 3 is 2.62 bits per heavy atom.